The van der Waals surface area contributed by atoms with Crippen LogP contribution in [-0.4, -0.2) is 56.2 Å². The highest BCUT2D eigenvalue weighted by Crippen LogP contribution is 2.21. The quantitative estimate of drug-likeness (QED) is 0.152. The third-order valence-electron chi connectivity index (χ3n) is 4.48. The number of amides is 1. The van der Waals surface area contributed by atoms with Gasteiger partial charge in [0.25, 0.3) is 5.69 Å². The highest BCUT2D eigenvalue weighted by molar-refractivity contribution is 7.89. The molecule has 0 aliphatic heterocycles. The smallest absolute Gasteiger partial charge is 0.339 e. The Morgan fingerprint density at radius 2 is 1.91 bits per heavy atom. The van der Waals surface area contributed by atoms with Gasteiger partial charge in [0, 0.05) is 37.8 Å². The van der Waals surface area contributed by atoms with Gasteiger partial charge in [0.2, 0.25) is 15.9 Å². The first-order valence-corrected chi connectivity index (χ1v) is 10.8. The summed E-state index contributed by atoms with van der Waals surface area (Å²) in [5, 5.41) is 13.3. The average molecular weight is 466 g/mol. The lowest BCUT2D eigenvalue weighted by Crippen LogP contribution is -2.35. The van der Waals surface area contributed by atoms with Gasteiger partial charge in [0.15, 0.2) is 5.78 Å². The summed E-state index contributed by atoms with van der Waals surface area (Å²) < 4.78 is 31.5. The van der Waals surface area contributed by atoms with Crippen molar-refractivity contribution in [3.8, 4) is 0 Å². The number of benzene rings is 1. The van der Waals surface area contributed by atoms with Crippen molar-refractivity contribution in [3.63, 3.8) is 0 Å². The molecule has 1 aromatic heterocycles. The van der Waals surface area contributed by atoms with Crippen molar-refractivity contribution >= 4 is 33.4 Å². The number of hydrogen-bond donors (Lipinski definition) is 3. The van der Waals surface area contributed by atoms with Gasteiger partial charge in [-0.1, -0.05) is 6.07 Å². The predicted molar refractivity (Wildman–Crippen MR) is 112 cm³/mol. The zero-order valence-corrected chi connectivity index (χ0v) is 18.4. The molecule has 172 valence electrons. The summed E-state index contributed by atoms with van der Waals surface area (Å²) in [7, 11) is -2.84. The molecule has 0 spiro atoms. The molecule has 1 aromatic carbocycles. The van der Waals surface area contributed by atoms with Crippen LogP contribution in [0.5, 0.6) is 0 Å². The molecular weight excluding hydrogens is 444 g/mol. The van der Waals surface area contributed by atoms with Crippen LogP contribution in [0.4, 0.5) is 5.69 Å². The largest absolute Gasteiger partial charge is 0.465 e. The van der Waals surface area contributed by atoms with E-state index in [1.807, 2.05) is 0 Å². The number of Topliss-reactive ketones (excluding diaryl/α,β-unsaturated/α-hetero) is 1. The van der Waals surface area contributed by atoms with E-state index in [0.29, 0.717) is 5.56 Å². The number of methoxy groups -OCH3 is 1. The minimum atomic E-state index is -4.02. The number of nitro benzene ring substituents is 1. The van der Waals surface area contributed by atoms with Gasteiger partial charge in [0.05, 0.1) is 34.6 Å². The van der Waals surface area contributed by atoms with Crippen LogP contribution in [-0.2, 0) is 26.0 Å². The van der Waals surface area contributed by atoms with E-state index in [2.05, 4.69) is 15.0 Å². The summed E-state index contributed by atoms with van der Waals surface area (Å²) in [5.41, 5.74) is 0.497. The van der Waals surface area contributed by atoms with Gasteiger partial charge in [-0.25, -0.2) is 17.9 Å². The van der Waals surface area contributed by atoms with Crippen molar-refractivity contribution in [1.29, 1.82) is 0 Å². The third kappa shape index (κ3) is 5.76. The van der Waals surface area contributed by atoms with Gasteiger partial charge in [0.1, 0.15) is 0 Å². The maximum absolute atomic E-state index is 12.3. The SMILES string of the molecule is COC(=O)c1c(CC(=O)NCCNS(=O)(=O)c2cccc([N+](=O)[O-])c2)[nH]c(C(C)=O)c1C. The number of aromatic nitrogens is 1. The van der Waals surface area contributed by atoms with Gasteiger partial charge in [-0.3, -0.25) is 19.7 Å². The second-order valence-electron chi connectivity index (χ2n) is 6.71. The number of carbonyl (C=O) groups excluding carboxylic acids is 3. The Morgan fingerprint density at radius 1 is 1.22 bits per heavy atom. The fourth-order valence-corrected chi connectivity index (χ4v) is 4.05. The number of nitrogens with zero attached hydrogens (tertiary/aromatic N) is 1. The van der Waals surface area contributed by atoms with E-state index in [4.69, 9.17) is 4.74 Å². The molecule has 12 nitrogen and oxygen atoms in total. The fourth-order valence-electron chi connectivity index (χ4n) is 2.98. The van der Waals surface area contributed by atoms with Crippen LogP contribution in [0.1, 0.15) is 39.0 Å². The van der Waals surface area contributed by atoms with Crippen molar-refractivity contribution in [2.75, 3.05) is 20.2 Å². The van der Waals surface area contributed by atoms with Crippen molar-refractivity contribution in [3.05, 3.63) is 56.9 Å². The number of hydrogen-bond acceptors (Lipinski definition) is 8. The van der Waals surface area contributed by atoms with Crippen LogP contribution in [0.15, 0.2) is 29.2 Å². The molecule has 0 radical (unpaired) electrons. The number of nitrogens with one attached hydrogen (secondary N) is 3. The minimum absolute atomic E-state index is 0.0835. The highest BCUT2D eigenvalue weighted by atomic mass is 32.2. The minimum Gasteiger partial charge on any atom is -0.465 e. The van der Waals surface area contributed by atoms with Crippen molar-refractivity contribution in [2.24, 2.45) is 0 Å². The fraction of sp³-hybridized carbons (Fsp3) is 0.316. The number of esters is 1. The molecule has 2 rings (SSSR count). The number of ether oxygens (including phenoxy) is 1. The molecule has 13 heteroatoms. The van der Waals surface area contributed by atoms with Gasteiger partial charge >= 0.3 is 5.97 Å². The van der Waals surface area contributed by atoms with E-state index in [1.165, 1.54) is 32.2 Å². The summed E-state index contributed by atoms with van der Waals surface area (Å²) >= 11 is 0. The maximum Gasteiger partial charge on any atom is 0.339 e. The van der Waals surface area contributed by atoms with Crippen molar-refractivity contribution in [2.45, 2.75) is 25.2 Å². The lowest BCUT2D eigenvalue weighted by molar-refractivity contribution is -0.385. The number of H-pyrrole nitrogens is 1. The molecule has 0 fully saturated rings. The molecule has 0 bridgehead atoms. The first-order chi connectivity index (χ1) is 15.0. The van der Waals surface area contributed by atoms with E-state index >= 15 is 0 Å². The highest BCUT2D eigenvalue weighted by Gasteiger charge is 2.24. The molecule has 3 N–H and O–H groups in total. The predicted octanol–water partition coefficient (Wildman–Crippen LogP) is 0.858. The summed E-state index contributed by atoms with van der Waals surface area (Å²) in [6, 6.07) is 4.56. The molecule has 1 amide bonds. The second kappa shape index (κ2) is 10.2. The van der Waals surface area contributed by atoms with Crippen molar-refractivity contribution < 1.29 is 32.5 Å². The van der Waals surface area contributed by atoms with Gasteiger partial charge in [-0.05, 0) is 18.6 Å². The summed E-state index contributed by atoms with van der Waals surface area (Å²) in [6.07, 6.45) is -0.268. The van der Waals surface area contributed by atoms with Gasteiger partial charge in [-0.15, -0.1) is 0 Å². The van der Waals surface area contributed by atoms with Crippen molar-refractivity contribution in [1.82, 2.24) is 15.0 Å². The van der Waals surface area contributed by atoms with Crippen LogP contribution in [0.2, 0.25) is 0 Å². The van der Waals surface area contributed by atoms with Crippen LogP contribution in [0, 0.1) is 17.0 Å². The second-order valence-corrected chi connectivity index (χ2v) is 8.47. The van der Waals surface area contributed by atoms with E-state index in [-0.39, 0.29) is 52.8 Å². The van der Waals surface area contributed by atoms with Crippen LogP contribution < -0.4 is 10.0 Å². The number of rotatable bonds is 10. The number of nitro groups is 1. The molecule has 0 aliphatic rings. The number of aromatic amines is 1. The Labute approximate surface area is 183 Å². The summed E-state index contributed by atoms with van der Waals surface area (Å²) in [5.74, 6) is -1.53. The van der Waals surface area contributed by atoms with Crippen LogP contribution >= 0.6 is 0 Å². The number of non-ortho nitro benzene ring substituents is 1. The zero-order valence-electron chi connectivity index (χ0n) is 17.6. The Balaban J connectivity index is 1.99. The molecule has 0 saturated carbocycles. The zero-order chi connectivity index (χ0) is 24.1. The third-order valence-corrected chi connectivity index (χ3v) is 5.94. The molecule has 0 atom stereocenters. The molecular formula is C19H22N4O8S. The standard InChI is InChI=1S/C19H22N4O8S/c1-11-17(19(26)31-3)15(22-18(11)12(2)24)10-16(25)20-7-8-21-32(29,30)14-6-4-5-13(9-14)23(27)28/h4-6,9,21-22H,7-8,10H2,1-3H3,(H,20,25). The molecule has 0 saturated heterocycles. The van der Waals surface area contributed by atoms with E-state index in [0.717, 1.165) is 6.07 Å². The number of sulfonamides is 1. The first-order valence-electron chi connectivity index (χ1n) is 9.29. The average Bonchev–Trinajstić information content (AvgIpc) is 3.06. The molecule has 32 heavy (non-hydrogen) atoms. The normalized spacial score (nSPS) is 11.1. The molecule has 2 aromatic rings. The molecule has 0 aliphatic carbocycles. The first kappa shape index (κ1) is 24.7. The number of carbonyl (C=O) groups is 3. The Hall–Kier alpha value is -3.58. The van der Waals surface area contributed by atoms with Crippen LogP contribution in [0.25, 0.3) is 0 Å². The number of ketones is 1. The van der Waals surface area contributed by atoms with E-state index in [9.17, 15) is 32.9 Å². The Kier molecular flexibility index (Phi) is 7.83. The molecule has 0 unspecified atom stereocenters. The Morgan fingerprint density at radius 3 is 2.50 bits per heavy atom. The summed E-state index contributed by atoms with van der Waals surface area (Å²) in [6.45, 7) is 2.61. The molecule has 1 heterocycles. The summed E-state index contributed by atoms with van der Waals surface area (Å²) in [4.78, 5) is 48.6. The van der Waals surface area contributed by atoms with E-state index in [1.54, 1.807) is 6.92 Å². The maximum atomic E-state index is 12.3. The topological polar surface area (TPSA) is 178 Å². The lowest BCUT2D eigenvalue weighted by atomic mass is 10.1. The van der Waals surface area contributed by atoms with Gasteiger partial charge in [-0.2, -0.15) is 0 Å². The monoisotopic (exact) mass is 466 g/mol. The van der Waals surface area contributed by atoms with Gasteiger partial charge < -0.3 is 15.0 Å². The van der Waals surface area contributed by atoms with Crippen LogP contribution in [0.3, 0.4) is 0 Å². The van der Waals surface area contributed by atoms with E-state index < -0.39 is 26.8 Å². The lowest BCUT2D eigenvalue weighted by Gasteiger charge is -2.08. The Bertz CT molecular complexity index is 1170.